The van der Waals surface area contributed by atoms with Crippen LogP contribution in [0.15, 0.2) is 35.5 Å². The number of methoxy groups -OCH3 is 1. The van der Waals surface area contributed by atoms with Crippen LogP contribution < -0.4 is 15.2 Å². The summed E-state index contributed by atoms with van der Waals surface area (Å²) in [6.07, 6.45) is 6.40. The molecular weight excluding hydrogens is 350 g/mol. The number of ether oxygens (including phenoxy) is 2. The highest BCUT2D eigenvalue weighted by Crippen LogP contribution is 2.52. The molecule has 1 saturated carbocycles. The highest BCUT2D eigenvalue weighted by Gasteiger charge is 2.59. The number of carbonyl (C=O) groups is 3. The number of hydrogen-bond acceptors (Lipinski definition) is 6. The molecule has 4 atom stereocenters. The van der Waals surface area contributed by atoms with Gasteiger partial charge in [-0.15, -0.1) is 0 Å². The number of benzene rings is 1. The molecule has 1 saturated heterocycles. The van der Waals surface area contributed by atoms with Crippen LogP contribution in [0.4, 0.5) is 0 Å². The summed E-state index contributed by atoms with van der Waals surface area (Å²) in [4.78, 5) is 36.1. The summed E-state index contributed by atoms with van der Waals surface area (Å²) in [5.41, 5.74) is 5.69. The van der Waals surface area contributed by atoms with E-state index in [-0.39, 0.29) is 42.1 Å². The molecule has 8 heteroatoms. The van der Waals surface area contributed by atoms with Gasteiger partial charge in [-0.3, -0.25) is 14.4 Å². The molecule has 2 N–H and O–H groups in total. The van der Waals surface area contributed by atoms with E-state index in [9.17, 15) is 14.4 Å². The number of allylic oxidation sites excluding steroid dienone is 2. The van der Waals surface area contributed by atoms with Gasteiger partial charge < -0.3 is 15.2 Å². The van der Waals surface area contributed by atoms with Gasteiger partial charge in [-0.25, -0.2) is 0 Å². The van der Waals surface area contributed by atoms with Gasteiger partial charge >= 0.3 is 0 Å². The zero-order valence-electron chi connectivity index (χ0n) is 14.7. The van der Waals surface area contributed by atoms with Crippen molar-refractivity contribution in [1.82, 2.24) is 5.01 Å². The monoisotopic (exact) mass is 369 g/mol. The van der Waals surface area contributed by atoms with Gasteiger partial charge in [-0.1, -0.05) is 12.2 Å². The molecule has 4 rings (SSSR count). The topological polar surface area (TPSA) is 111 Å². The van der Waals surface area contributed by atoms with Crippen LogP contribution in [-0.4, -0.2) is 42.7 Å². The zero-order valence-corrected chi connectivity index (χ0v) is 14.7. The fourth-order valence-corrected chi connectivity index (χ4v) is 4.16. The molecule has 1 aromatic rings. The Morgan fingerprint density at radius 1 is 1.22 bits per heavy atom. The van der Waals surface area contributed by atoms with Gasteiger partial charge in [0.15, 0.2) is 18.1 Å². The molecule has 0 radical (unpaired) electrons. The maximum Gasteiger partial charge on any atom is 0.255 e. The van der Waals surface area contributed by atoms with Gasteiger partial charge in [-0.05, 0) is 42.0 Å². The third-order valence-corrected chi connectivity index (χ3v) is 5.33. The van der Waals surface area contributed by atoms with E-state index < -0.39 is 5.91 Å². The summed E-state index contributed by atoms with van der Waals surface area (Å²) in [6.45, 7) is -0.264. The van der Waals surface area contributed by atoms with Gasteiger partial charge in [0, 0.05) is 0 Å². The normalized spacial score (nSPS) is 28.3. The molecule has 27 heavy (non-hydrogen) atoms. The van der Waals surface area contributed by atoms with E-state index in [1.165, 1.54) is 13.3 Å². The average Bonchev–Trinajstić information content (AvgIpc) is 3.33. The second-order valence-electron chi connectivity index (χ2n) is 6.90. The number of imide groups is 1. The Kier molecular flexibility index (Phi) is 4.18. The van der Waals surface area contributed by atoms with E-state index in [1.807, 2.05) is 12.2 Å². The summed E-state index contributed by atoms with van der Waals surface area (Å²) in [6, 6.07) is 4.92. The molecule has 2 fully saturated rings. The maximum absolute atomic E-state index is 12.6. The number of nitrogens with two attached hydrogens (primary N) is 1. The highest BCUT2D eigenvalue weighted by molar-refractivity contribution is 6.06. The summed E-state index contributed by atoms with van der Waals surface area (Å²) >= 11 is 0. The number of fused-ring (bicyclic) bond motifs is 5. The second-order valence-corrected chi connectivity index (χ2v) is 6.90. The van der Waals surface area contributed by atoms with Crippen molar-refractivity contribution in [2.24, 2.45) is 34.5 Å². The molecule has 3 amide bonds. The highest BCUT2D eigenvalue weighted by atomic mass is 16.5. The van der Waals surface area contributed by atoms with Crippen molar-refractivity contribution < 1.29 is 23.9 Å². The van der Waals surface area contributed by atoms with E-state index in [1.54, 1.807) is 18.2 Å². The van der Waals surface area contributed by atoms with E-state index in [4.69, 9.17) is 15.2 Å². The van der Waals surface area contributed by atoms with Gasteiger partial charge in [-0.2, -0.15) is 10.1 Å². The van der Waals surface area contributed by atoms with Crippen molar-refractivity contribution in [3.05, 3.63) is 35.9 Å². The van der Waals surface area contributed by atoms with Crippen LogP contribution in [0.2, 0.25) is 0 Å². The van der Waals surface area contributed by atoms with Crippen molar-refractivity contribution >= 4 is 23.9 Å². The standard InChI is InChI=1S/C19H19N3O5/c1-26-14-6-10(2-5-13(14)27-9-15(20)23)8-21-22-18(24)16-11-3-4-12(7-11)17(16)19(22)25/h2-6,8,11-12,16-17H,7,9H2,1H3,(H2,20,23). The van der Waals surface area contributed by atoms with Crippen LogP contribution in [-0.2, 0) is 14.4 Å². The number of nitrogens with zero attached hydrogens (tertiary/aromatic N) is 2. The van der Waals surface area contributed by atoms with Crippen LogP contribution in [0.1, 0.15) is 12.0 Å². The number of hydrogen-bond donors (Lipinski definition) is 1. The predicted molar refractivity (Wildman–Crippen MR) is 94.8 cm³/mol. The molecule has 140 valence electrons. The first-order valence-electron chi connectivity index (χ1n) is 8.69. The zero-order chi connectivity index (χ0) is 19.1. The first-order valence-corrected chi connectivity index (χ1v) is 8.69. The van der Waals surface area contributed by atoms with Crippen LogP contribution in [0.25, 0.3) is 0 Å². The van der Waals surface area contributed by atoms with E-state index >= 15 is 0 Å². The lowest BCUT2D eigenvalue weighted by Crippen LogP contribution is -2.28. The molecule has 0 spiro atoms. The SMILES string of the molecule is COc1cc(C=NN2C(=O)C3C4C=CC(C4)C3C2=O)ccc1OCC(N)=O. The molecule has 1 aromatic carbocycles. The van der Waals surface area contributed by atoms with E-state index in [2.05, 4.69) is 5.10 Å². The molecule has 8 nitrogen and oxygen atoms in total. The van der Waals surface area contributed by atoms with E-state index in [0.717, 1.165) is 11.4 Å². The number of amides is 3. The molecular formula is C19H19N3O5. The molecule has 1 aliphatic heterocycles. The molecule has 2 aliphatic carbocycles. The molecule has 3 aliphatic rings. The predicted octanol–water partition coefficient (Wildman–Crippen LogP) is 0.700. The number of hydrazone groups is 1. The van der Waals surface area contributed by atoms with Crippen molar-refractivity contribution in [3.8, 4) is 11.5 Å². The minimum atomic E-state index is -0.595. The van der Waals surface area contributed by atoms with Crippen LogP contribution in [0.3, 0.4) is 0 Å². The molecule has 4 unspecified atom stereocenters. The molecule has 2 bridgehead atoms. The van der Waals surface area contributed by atoms with Gasteiger partial charge in [0.05, 0.1) is 25.2 Å². The average molecular weight is 369 g/mol. The van der Waals surface area contributed by atoms with Crippen molar-refractivity contribution in [1.29, 1.82) is 0 Å². The maximum atomic E-state index is 12.6. The minimum absolute atomic E-state index is 0.151. The fraction of sp³-hybridized carbons (Fsp3) is 0.368. The lowest BCUT2D eigenvalue weighted by Gasteiger charge is -2.13. The quantitative estimate of drug-likeness (QED) is 0.451. The van der Waals surface area contributed by atoms with Crippen molar-refractivity contribution in [2.45, 2.75) is 6.42 Å². The van der Waals surface area contributed by atoms with Crippen LogP contribution >= 0.6 is 0 Å². The van der Waals surface area contributed by atoms with Crippen LogP contribution in [0, 0.1) is 23.7 Å². The van der Waals surface area contributed by atoms with Gasteiger partial charge in [0.2, 0.25) is 0 Å². The minimum Gasteiger partial charge on any atom is -0.493 e. The lowest BCUT2D eigenvalue weighted by atomic mass is 9.85. The Hall–Kier alpha value is -3.16. The van der Waals surface area contributed by atoms with Crippen LogP contribution in [0.5, 0.6) is 11.5 Å². The Morgan fingerprint density at radius 3 is 2.48 bits per heavy atom. The Labute approximate surface area is 155 Å². The largest absolute Gasteiger partial charge is 0.493 e. The molecule has 1 heterocycles. The Morgan fingerprint density at radius 2 is 1.89 bits per heavy atom. The van der Waals surface area contributed by atoms with Crippen molar-refractivity contribution in [3.63, 3.8) is 0 Å². The summed E-state index contributed by atoms with van der Waals surface area (Å²) in [5.74, 6) is -0.553. The Bertz CT molecular complexity index is 848. The second kappa shape index (κ2) is 6.53. The third-order valence-electron chi connectivity index (χ3n) is 5.33. The van der Waals surface area contributed by atoms with E-state index in [0.29, 0.717) is 17.1 Å². The summed E-state index contributed by atoms with van der Waals surface area (Å²) in [7, 11) is 1.46. The number of carbonyl (C=O) groups excluding carboxylic acids is 3. The number of primary amides is 1. The lowest BCUT2D eigenvalue weighted by molar-refractivity contribution is -0.140. The molecule has 0 aromatic heterocycles. The summed E-state index contributed by atoms with van der Waals surface area (Å²) in [5, 5.41) is 5.12. The van der Waals surface area contributed by atoms with Crippen molar-refractivity contribution in [2.75, 3.05) is 13.7 Å². The van der Waals surface area contributed by atoms with Gasteiger partial charge in [0.1, 0.15) is 0 Å². The Balaban J connectivity index is 1.51. The first kappa shape index (κ1) is 17.3. The third kappa shape index (κ3) is 2.87. The summed E-state index contributed by atoms with van der Waals surface area (Å²) < 4.78 is 10.5. The smallest absolute Gasteiger partial charge is 0.255 e. The number of rotatable bonds is 6. The fourth-order valence-electron chi connectivity index (χ4n) is 4.16. The van der Waals surface area contributed by atoms with Gasteiger partial charge in [0.25, 0.3) is 17.7 Å². The first-order chi connectivity index (χ1) is 13.0.